The Bertz CT molecular complexity index is 441. The van der Waals surface area contributed by atoms with Crippen LogP contribution in [-0.4, -0.2) is 34.9 Å². The van der Waals surface area contributed by atoms with Crippen LogP contribution in [-0.2, 0) is 0 Å². The summed E-state index contributed by atoms with van der Waals surface area (Å²) in [6.07, 6.45) is 0. The Balaban J connectivity index is 2.21. The first kappa shape index (κ1) is 12.9. The van der Waals surface area contributed by atoms with Gasteiger partial charge in [-0.15, -0.1) is 0 Å². The van der Waals surface area contributed by atoms with Crippen molar-refractivity contribution in [3.05, 3.63) is 34.1 Å². The lowest BCUT2D eigenvalue weighted by molar-refractivity contribution is 0.0715. The van der Waals surface area contributed by atoms with Gasteiger partial charge >= 0.3 is 0 Å². The van der Waals surface area contributed by atoms with Crippen LogP contribution in [0.25, 0.3) is 0 Å². The summed E-state index contributed by atoms with van der Waals surface area (Å²) in [5.41, 5.74) is 0.421. The van der Waals surface area contributed by atoms with Crippen molar-refractivity contribution in [2.24, 2.45) is 0 Å². The molecule has 1 aromatic carbocycles. The average molecular weight is 318 g/mol. The lowest BCUT2D eigenvalue weighted by Gasteiger charge is -2.33. The lowest BCUT2D eigenvalue weighted by Crippen LogP contribution is -2.44. The topological polar surface area (TPSA) is 20.3 Å². The van der Waals surface area contributed by atoms with Crippen molar-refractivity contribution in [3.63, 3.8) is 0 Å². The zero-order chi connectivity index (χ0) is 12.4. The molecule has 1 aliphatic rings. The molecule has 2 nitrogen and oxygen atoms in total. The fraction of sp³-hybridized carbons (Fsp3) is 0.417. The van der Waals surface area contributed by atoms with Crippen LogP contribution < -0.4 is 0 Å². The number of thioether (sulfide) groups is 1. The maximum absolute atomic E-state index is 13.4. The predicted molar refractivity (Wildman–Crippen MR) is 71.9 cm³/mol. The smallest absolute Gasteiger partial charge is 0.254 e. The van der Waals surface area contributed by atoms with Gasteiger partial charge in [0, 0.05) is 29.7 Å². The van der Waals surface area contributed by atoms with Gasteiger partial charge in [0.1, 0.15) is 5.82 Å². The molecule has 1 unspecified atom stereocenters. The Morgan fingerprint density at radius 2 is 2.35 bits per heavy atom. The van der Waals surface area contributed by atoms with E-state index in [9.17, 15) is 9.18 Å². The predicted octanol–water partition coefficient (Wildman–Crippen LogP) is 3.17. The lowest BCUT2D eigenvalue weighted by atomic mass is 10.1. The van der Waals surface area contributed by atoms with Gasteiger partial charge < -0.3 is 4.90 Å². The van der Waals surface area contributed by atoms with Crippen molar-refractivity contribution < 1.29 is 9.18 Å². The number of carbonyl (C=O) groups excluding carboxylic acids is 1. The van der Waals surface area contributed by atoms with Crippen LogP contribution in [0.5, 0.6) is 0 Å². The Hall–Kier alpha value is -0.550. The monoisotopic (exact) mass is 317 g/mol. The molecule has 0 aliphatic carbocycles. The number of hydrogen-bond acceptors (Lipinski definition) is 2. The maximum Gasteiger partial charge on any atom is 0.254 e. The molecular formula is C12H13BrFNOS. The second-order valence-corrected chi connectivity index (χ2v) is 6.06. The third-order valence-corrected chi connectivity index (χ3v) is 4.63. The van der Waals surface area contributed by atoms with Gasteiger partial charge in [-0.25, -0.2) is 4.39 Å². The molecule has 0 aromatic heterocycles. The van der Waals surface area contributed by atoms with E-state index in [4.69, 9.17) is 0 Å². The van der Waals surface area contributed by atoms with Gasteiger partial charge in [-0.1, -0.05) is 0 Å². The molecule has 2 rings (SSSR count). The summed E-state index contributed by atoms with van der Waals surface area (Å²) >= 11 is 4.93. The van der Waals surface area contributed by atoms with Crippen molar-refractivity contribution in [1.29, 1.82) is 0 Å². The number of hydrogen-bond donors (Lipinski definition) is 0. The second kappa shape index (κ2) is 5.40. The molecule has 1 fully saturated rings. The minimum atomic E-state index is -0.394. The molecule has 17 heavy (non-hydrogen) atoms. The summed E-state index contributed by atoms with van der Waals surface area (Å²) in [5.74, 6) is 1.43. The highest BCUT2D eigenvalue weighted by atomic mass is 79.9. The first-order valence-electron chi connectivity index (χ1n) is 5.43. The molecule has 0 saturated carbocycles. The summed E-state index contributed by atoms with van der Waals surface area (Å²) in [7, 11) is 0. The number of halogens is 2. The molecule has 0 spiro atoms. The van der Waals surface area contributed by atoms with E-state index in [0.29, 0.717) is 10.0 Å². The first-order chi connectivity index (χ1) is 8.09. The van der Waals surface area contributed by atoms with Gasteiger partial charge in [-0.3, -0.25) is 4.79 Å². The molecular weight excluding hydrogens is 305 g/mol. The van der Waals surface area contributed by atoms with Crippen molar-refractivity contribution >= 4 is 33.6 Å². The summed E-state index contributed by atoms with van der Waals surface area (Å²) in [4.78, 5) is 14.0. The molecule has 1 atom stereocenters. The first-order valence-corrected chi connectivity index (χ1v) is 7.38. The summed E-state index contributed by atoms with van der Waals surface area (Å²) in [6.45, 7) is 2.77. The molecule has 1 saturated heterocycles. The third-order valence-electron chi connectivity index (χ3n) is 2.80. The van der Waals surface area contributed by atoms with Crippen molar-refractivity contribution in [2.75, 3.05) is 18.1 Å². The summed E-state index contributed by atoms with van der Waals surface area (Å²) in [5, 5.41) is 0. The van der Waals surface area contributed by atoms with E-state index in [-0.39, 0.29) is 11.9 Å². The Labute approximate surface area is 113 Å². The van der Waals surface area contributed by atoms with E-state index >= 15 is 0 Å². The van der Waals surface area contributed by atoms with Crippen LogP contribution >= 0.6 is 27.7 Å². The standard InChI is InChI=1S/C12H13BrFNOS/c1-8-7-17-5-4-15(8)12(16)9-2-3-10(13)11(14)6-9/h2-3,6,8H,4-5,7H2,1H3. The summed E-state index contributed by atoms with van der Waals surface area (Å²) < 4.78 is 13.8. The molecule has 0 bridgehead atoms. The van der Waals surface area contributed by atoms with Gasteiger partial charge in [0.25, 0.3) is 5.91 Å². The Morgan fingerprint density at radius 1 is 1.59 bits per heavy atom. The van der Waals surface area contributed by atoms with Crippen LogP contribution in [0, 0.1) is 5.82 Å². The fourth-order valence-corrected chi connectivity index (χ4v) is 3.08. The zero-order valence-electron chi connectivity index (χ0n) is 9.45. The minimum Gasteiger partial charge on any atom is -0.334 e. The number of nitrogens with zero attached hydrogens (tertiary/aromatic N) is 1. The normalized spacial score (nSPS) is 20.4. The van der Waals surface area contributed by atoms with Crippen molar-refractivity contribution in [3.8, 4) is 0 Å². The zero-order valence-corrected chi connectivity index (χ0v) is 11.9. The molecule has 5 heteroatoms. The largest absolute Gasteiger partial charge is 0.334 e. The van der Waals surface area contributed by atoms with Crippen LogP contribution in [0.4, 0.5) is 4.39 Å². The number of benzene rings is 1. The van der Waals surface area contributed by atoms with E-state index in [0.717, 1.165) is 18.1 Å². The quantitative estimate of drug-likeness (QED) is 0.793. The number of amides is 1. The minimum absolute atomic E-state index is 0.0794. The molecule has 1 heterocycles. The highest BCUT2D eigenvalue weighted by molar-refractivity contribution is 9.10. The van der Waals surface area contributed by atoms with Gasteiger partial charge in [0.2, 0.25) is 0 Å². The Morgan fingerprint density at radius 3 is 3.00 bits per heavy atom. The van der Waals surface area contributed by atoms with Crippen molar-refractivity contribution in [2.45, 2.75) is 13.0 Å². The molecule has 0 radical (unpaired) electrons. The van der Waals surface area contributed by atoms with Crippen LogP contribution in [0.3, 0.4) is 0 Å². The average Bonchev–Trinajstić information content (AvgIpc) is 2.32. The highest BCUT2D eigenvalue weighted by Crippen LogP contribution is 2.21. The van der Waals surface area contributed by atoms with E-state index in [1.165, 1.54) is 6.07 Å². The highest BCUT2D eigenvalue weighted by Gasteiger charge is 2.24. The van der Waals surface area contributed by atoms with Crippen LogP contribution in [0.15, 0.2) is 22.7 Å². The maximum atomic E-state index is 13.4. The van der Waals surface area contributed by atoms with Gasteiger partial charge in [-0.2, -0.15) is 11.8 Å². The van der Waals surface area contributed by atoms with E-state index in [1.807, 2.05) is 23.6 Å². The fourth-order valence-electron chi connectivity index (χ4n) is 1.82. The molecule has 92 valence electrons. The summed E-state index contributed by atoms with van der Waals surface area (Å²) in [6, 6.07) is 4.74. The number of carbonyl (C=O) groups is 1. The molecule has 1 aliphatic heterocycles. The van der Waals surface area contributed by atoms with Gasteiger partial charge in [0.15, 0.2) is 0 Å². The Kier molecular flexibility index (Phi) is 4.09. The van der Waals surface area contributed by atoms with Gasteiger partial charge in [0.05, 0.1) is 4.47 Å². The van der Waals surface area contributed by atoms with E-state index in [2.05, 4.69) is 15.9 Å². The number of rotatable bonds is 1. The van der Waals surface area contributed by atoms with E-state index in [1.54, 1.807) is 12.1 Å². The molecule has 1 aromatic rings. The van der Waals surface area contributed by atoms with Crippen LogP contribution in [0.2, 0.25) is 0 Å². The van der Waals surface area contributed by atoms with Gasteiger partial charge in [-0.05, 0) is 41.1 Å². The molecule has 0 N–H and O–H groups in total. The van der Waals surface area contributed by atoms with Crippen molar-refractivity contribution in [1.82, 2.24) is 4.90 Å². The second-order valence-electron chi connectivity index (χ2n) is 4.05. The molecule has 1 amide bonds. The third kappa shape index (κ3) is 2.83. The van der Waals surface area contributed by atoms with Crippen LogP contribution in [0.1, 0.15) is 17.3 Å². The van der Waals surface area contributed by atoms with E-state index < -0.39 is 5.82 Å². The SMILES string of the molecule is CC1CSCCN1C(=O)c1ccc(Br)c(F)c1.